The molecule has 2 aromatic heterocycles. The Bertz CT molecular complexity index is 3570. The molecule has 1 aliphatic heterocycles. The molecule has 0 atom stereocenters. The smallest absolute Gasteiger partial charge is 0.135 e. The molecule has 1 aliphatic rings. The molecule has 5 nitrogen and oxygen atoms in total. The molecule has 0 fully saturated rings. The Hall–Kier alpha value is -6.42. The maximum Gasteiger partial charge on any atom is 0.135 e. The number of fused-ring (bicyclic) bond motifs is 4. The Balaban J connectivity index is 0.00000722. The van der Waals surface area contributed by atoms with Gasteiger partial charge in [-0.1, -0.05) is 201 Å². The quantitative estimate of drug-likeness (QED) is 0.142. The molecule has 0 radical (unpaired) electrons. The first kappa shape index (κ1) is 55.3. The number of hydrogen-bond donors (Lipinski definition) is 0. The van der Waals surface area contributed by atoms with Gasteiger partial charge >= 0.3 is 0 Å². The van der Waals surface area contributed by atoms with Crippen molar-refractivity contribution in [3.8, 4) is 5.82 Å². The van der Waals surface area contributed by atoms with Gasteiger partial charge < -0.3 is 19.3 Å². The summed E-state index contributed by atoms with van der Waals surface area (Å²) in [6.45, 7) is 41.5. The summed E-state index contributed by atoms with van der Waals surface area (Å²) in [6.07, 6.45) is 1.99. The maximum absolute atomic E-state index is 5.21. The molecule has 9 aromatic rings. The zero-order chi connectivity index (χ0) is 54.5. The van der Waals surface area contributed by atoms with E-state index in [2.05, 4.69) is 307 Å². The second-order valence-electron chi connectivity index (χ2n) is 27.0. The van der Waals surface area contributed by atoms with Gasteiger partial charge in [-0.15, -0.1) is 48.1 Å². The van der Waals surface area contributed by atoms with E-state index in [4.69, 9.17) is 4.98 Å². The van der Waals surface area contributed by atoms with E-state index in [0.29, 0.717) is 0 Å². The molecule has 7 aromatic carbocycles. The van der Waals surface area contributed by atoms with Gasteiger partial charge in [-0.3, -0.25) is 0 Å². The summed E-state index contributed by atoms with van der Waals surface area (Å²) in [5.41, 5.74) is 17.9. The van der Waals surface area contributed by atoms with Gasteiger partial charge in [-0.25, -0.2) is 4.98 Å². The normalized spacial score (nSPS) is 13.6. The minimum Gasteiger partial charge on any atom is -0.493 e. The Morgan fingerprint density at radius 3 is 1.55 bits per heavy atom. The zero-order valence-electron chi connectivity index (χ0n) is 48.6. The van der Waals surface area contributed by atoms with Crippen molar-refractivity contribution in [1.29, 1.82) is 0 Å². The minimum absolute atomic E-state index is 0. The predicted octanol–water partition coefficient (Wildman–Crippen LogP) is 19.5. The van der Waals surface area contributed by atoms with Gasteiger partial charge in [0.1, 0.15) is 5.82 Å². The molecular formula is C71H78N5Pt-3. The van der Waals surface area contributed by atoms with E-state index >= 15 is 0 Å². The summed E-state index contributed by atoms with van der Waals surface area (Å²) < 4.78 is 2.33. The van der Waals surface area contributed by atoms with Gasteiger partial charge in [0.2, 0.25) is 0 Å². The molecule has 0 bridgehead atoms. The first-order valence-corrected chi connectivity index (χ1v) is 27.3. The molecule has 10 rings (SSSR count). The Morgan fingerprint density at radius 2 is 0.961 bits per heavy atom. The van der Waals surface area contributed by atoms with Crippen LogP contribution in [0.15, 0.2) is 158 Å². The van der Waals surface area contributed by atoms with Crippen molar-refractivity contribution in [2.75, 3.05) is 14.7 Å². The van der Waals surface area contributed by atoms with Crippen LogP contribution in [0.2, 0.25) is 0 Å². The maximum atomic E-state index is 5.21. The van der Waals surface area contributed by atoms with Crippen molar-refractivity contribution in [2.45, 2.75) is 150 Å². The van der Waals surface area contributed by atoms with E-state index in [1.54, 1.807) is 0 Å². The van der Waals surface area contributed by atoms with E-state index in [0.717, 1.165) is 62.0 Å². The predicted molar refractivity (Wildman–Crippen MR) is 324 cm³/mol. The van der Waals surface area contributed by atoms with Gasteiger partial charge in [0.05, 0.1) is 0 Å². The van der Waals surface area contributed by atoms with Gasteiger partial charge in [-0.2, -0.15) is 12.1 Å². The number of rotatable bonds is 8. The fourth-order valence-corrected chi connectivity index (χ4v) is 10.5. The molecule has 3 heterocycles. The number of anilines is 7. The number of benzene rings is 7. The van der Waals surface area contributed by atoms with Crippen LogP contribution in [0.4, 0.5) is 39.8 Å². The second-order valence-corrected chi connectivity index (χ2v) is 27.0. The van der Waals surface area contributed by atoms with Gasteiger partial charge in [0, 0.05) is 60.9 Å². The van der Waals surface area contributed by atoms with Gasteiger partial charge in [0.25, 0.3) is 0 Å². The molecule has 6 heteroatoms. The minimum atomic E-state index is -0.326. The molecule has 0 N–H and O–H groups in total. The van der Waals surface area contributed by atoms with Crippen LogP contribution in [0.5, 0.6) is 0 Å². The largest absolute Gasteiger partial charge is 0.493 e. The van der Waals surface area contributed by atoms with Crippen LogP contribution in [0, 0.1) is 18.8 Å². The molecule has 0 aliphatic carbocycles. The summed E-state index contributed by atoms with van der Waals surface area (Å²) in [6, 6.07) is 64.1. The SMILES string of the molecule is CC(C)(C)c1cc(N2[CH-]N(c3[c-]c(N(c4[c-]c5c(cc4)c4cc(C(C)(C)C)ccc4n5-c4cc(C(C)(C)c5cc(C(C)(C)C)cc(C(C)(C)C)c5)ccn4)c4ccccc4)ccc3)c3ccccc32)cc(C(C)(C)C)c1.[Pt]. The first-order chi connectivity index (χ1) is 35.6. The molecule has 0 amide bonds. The number of hydrogen-bond acceptors (Lipinski definition) is 4. The summed E-state index contributed by atoms with van der Waals surface area (Å²) >= 11 is 0. The summed E-state index contributed by atoms with van der Waals surface area (Å²) in [4.78, 5) is 12.1. The van der Waals surface area contributed by atoms with Crippen LogP contribution in [0.25, 0.3) is 27.6 Å². The third kappa shape index (κ3) is 10.7. The summed E-state index contributed by atoms with van der Waals surface area (Å²) in [5, 5.41) is 2.31. The van der Waals surface area contributed by atoms with E-state index in [-0.39, 0.29) is 53.6 Å². The molecule has 0 spiro atoms. The van der Waals surface area contributed by atoms with E-state index in [1.165, 1.54) is 44.3 Å². The molecular weight excluding hydrogens is 1120 g/mol. The average Bonchev–Trinajstić information content (AvgIpc) is 4.01. The van der Waals surface area contributed by atoms with Crippen LogP contribution in [-0.4, -0.2) is 9.55 Å². The second kappa shape index (κ2) is 19.8. The van der Waals surface area contributed by atoms with Crippen molar-refractivity contribution in [2.24, 2.45) is 0 Å². The Morgan fingerprint density at radius 1 is 0.429 bits per heavy atom. The third-order valence-electron chi connectivity index (χ3n) is 15.7. The fourth-order valence-electron chi connectivity index (χ4n) is 10.5. The molecule has 0 saturated carbocycles. The zero-order valence-corrected chi connectivity index (χ0v) is 50.9. The van der Waals surface area contributed by atoms with Crippen molar-refractivity contribution >= 4 is 61.6 Å². The van der Waals surface area contributed by atoms with Crippen molar-refractivity contribution < 1.29 is 21.1 Å². The van der Waals surface area contributed by atoms with Gasteiger partial charge in [0.15, 0.2) is 0 Å². The van der Waals surface area contributed by atoms with Crippen molar-refractivity contribution in [1.82, 2.24) is 9.55 Å². The van der Waals surface area contributed by atoms with Crippen LogP contribution in [0.1, 0.15) is 157 Å². The van der Waals surface area contributed by atoms with Crippen molar-refractivity contribution in [3.63, 3.8) is 0 Å². The first-order valence-electron chi connectivity index (χ1n) is 27.3. The van der Waals surface area contributed by atoms with Crippen LogP contribution >= 0.6 is 0 Å². The van der Waals surface area contributed by atoms with Crippen LogP contribution in [-0.2, 0) is 53.6 Å². The molecule has 400 valence electrons. The molecule has 77 heavy (non-hydrogen) atoms. The van der Waals surface area contributed by atoms with Crippen LogP contribution in [0.3, 0.4) is 0 Å². The molecule has 0 unspecified atom stereocenters. The Labute approximate surface area is 475 Å². The van der Waals surface area contributed by atoms with E-state index < -0.39 is 0 Å². The fraction of sp³-hybridized carbons (Fsp3) is 0.324. The van der Waals surface area contributed by atoms with Crippen LogP contribution < -0.4 is 14.7 Å². The summed E-state index contributed by atoms with van der Waals surface area (Å²) in [7, 11) is 0. The molecule has 0 saturated heterocycles. The topological polar surface area (TPSA) is 27.5 Å². The number of aromatic nitrogens is 2. The summed E-state index contributed by atoms with van der Waals surface area (Å²) in [5.74, 6) is 0.862. The number of para-hydroxylation sites is 3. The number of pyridine rings is 1. The third-order valence-corrected chi connectivity index (χ3v) is 15.7. The van der Waals surface area contributed by atoms with E-state index in [9.17, 15) is 0 Å². The number of nitrogens with zero attached hydrogens (tertiary/aromatic N) is 5. The van der Waals surface area contributed by atoms with Crippen molar-refractivity contribution in [3.05, 3.63) is 216 Å². The average molecular weight is 1200 g/mol. The Kier molecular flexibility index (Phi) is 14.2. The monoisotopic (exact) mass is 1200 g/mol. The van der Waals surface area contributed by atoms with E-state index in [1.807, 2.05) is 6.20 Å². The van der Waals surface area contributed by atoms with Gasteiger partial charge in [-0.05, 0) is 126 Å². The standard InChI is InChI=1S/C71H78N5.Pt/c1-66(2,3)47-30-33-61-60(42-47)59-32-31-57(45-64(59)76(61)65-43-48(34-35-72-65)71(16,17)53-38-49(67(4,5)6)36-50(39-53)68(7,8)9)75(54-24-19-18-20-25-54)56-27-23-26-55(44-56)73-46-74(63-29-22-21-28-62(63)73)58-40-51(69(10,11)12)37-52(41-58)70(13,14)15;/h18-43,46H,1-17H3;/q-3;.